The summed E-state index contributed by atoms with van der Waals surface area (Å²) in [4.78, 5) is 49.6. The molecule has 0 bridgehead atoms. The Kier molecular flexibility index (Phi) is 15.0. The van der Waals surface area contributed by atoms with Gasteiger partial charge < -0.3 is 29.3 Å². The van der Waals surface area contributed by atoms with Crippen molar-refractivity contribution in [3.8, 4) is 22.3 Å². The van der Waals surface area contributed by atoms with Crippen LogP contribution in [0.15, 0.2) is 60.7 Å². The number of carbonyl (C=O) groups excluding carboxylic acids is 4. The Morgan fingerprint density at radius 1 is 0.522 bits per heavy atom. The lowest BCUT2D eigenvalue weighted by Crippen LogP contribution is -2.28. The van der Waals surface area contributed by atoms with E-state index in [2.05, 4.69) is 13.8 Å². The van der Waals surface area contributed by atoms with E-state index in [9.17, 15) is 29.4 Å². The van der Waals surface area contributed by atoms with E-state index in [4.69, 9.17) is 9.47 Å². The second kappa shape index (κ2) is 19.1. The van der Waals surface area contributed by atoms with Crippen molar-refractivity contribution in [1.82, 2.24) is 0 Å². The lowest BCUT2D eigenvalue weighted by atomic mass is 9.87. The molecule has 3 aromatic carbocycles. The normalized spacial score (nSPS) is 10.8. The molecule has 0 fully saturated rings. The summed E-state index contributed by atoms with van der Waals surface area (Å²) in [5.41, 5.74) is 0.677. The Hall–Kier alpha value is -4.46. The molecule has 0 saturated heterocycles. The number of rotatable bonds is 20. The zero-order valence-corrected chi connectivity index (χ0v) is 26.9. The Morgan fingerprint density at radius 2 is 0.957 bits per heavy atom. The Labute approximate surface area is 271 Å². The lowest BCUT2D eigenvalue weighted by Gasteiger charge is -2.21. The minimum atomic E-state index is -1.59. The number of hydrogen-bond donors (Lipinski definition) is 0. The first-order valence-corrected chi connectivity index (χ1v) is 16.4. The number of carboxylic acid groups (broad SMARTS) is 2. The molecule has 3 rings (SSSR count). The average molecular weight is 629 g/mol. The molecule has 8 heteroatoms. The zero-order chi connectivity index (χ0) is 33.3. The molecule has 0 spiro atoms. The molecule has 3 aromatic rings. The highest BCUT2D eigenvalue weighted by molar-refractivity contribution is 6.08. The summed E-state index contributed by atoms with van der Waals surface area (Å²) in [6.45, 7) is 4.93. The molecule has 0 heterocycles. The van der Waals surface area contributed by atoms with Gasteiger partial charge in [0.05, 0.1) is 36.3 Å². The third-order valence-electron chi connectivity index (χ3n) is 7.93. The van der Waals surface area contributed by atoms with Crippen molar-refractivity contribution in [2.45, 2.75) is 90.9 Å². The van der Waals surface area contributed by atoms with Crippen LogP contribution in [0.1, 0.15) is 132 Å². The maximum Gasteiger partial charge on any atom is 0.338 e. The van der Waals surface area contributed by atoms with E-state index in [1.54, 1.807) is 12.1 Å². The molecule has 0 aromatic heterocycles. The molecular weight excluding hydrogens is 584 g/mol. The van der Waals surface area contributed by atoms with Crippen LogP contribution in [0.5, 0.6) is 0 Å². The Balaban J connectivity index is 1.77. The fraction of sp³-hybridized carbons (Fsp3) is 0.421. The molecule has 0 atom stereocenters. The lowest BCUT2D eigenvalue weighted by molar-refractivity contribution is -0.255. The number of hydrogen-bond acceptors (Lipinski definition) is 8. The summed E-state index contributed by atoms with van der Waals surface area (Å²) in [5.74, 6) is -4.13. The van der Waals surface area contributed by atoms with Crippen LogP contribution in [-0.4, -0.2) is 37.1 Å². The summed E-state index contributed by atoms with van der Waals surface area (Å²) >= 11 is 0. The Bertz CT molecular complexity index is 1440. The van der Waals surface area contributed by atoms with Gasteiger partial charge in [-0.3, -0.25) is 0 Å². The monoisotopic (exact) mass is 628 g/mol. The van der Waals surface area contributed by atoms with Crippen LogP contribution in [-0.2, 0) is 9.47 Å². The van der Waals surface area contributed by atoms with Gasteiger partial charge in [-0.1, -0.05) is 114 Å². The number of ether oxygens (including phenoxy) is 2. The fourth-order valence-electron chi connectivity index (χ4n) is 5.35. The van der Waals surface area contributed by atoms with Crippen LogP contribution in [0.25, 0.3) is 22.3 Å². The summed E-state index contributed by atoms with van der Waals surface area (Å²) in [5, 5.41) is 24.6. The number of unbranched alkanes of at least 4 members (excludes halogenated alkanes) is 10. The molecule has 8 nitrogen and oxygen atoms in total. The average Bonchev–Trinajstić information content (AvgIpc) is 3.06. The van der Waals surface area contributed by atoms with E-state index < -0.39 is 23.9 Å². The largest absolute Gasteiger partial charge is 0.545 e. The van der Waals surface area contributed by atoms with Crippen molar-refractivity contribution < 1.29 is 38.9 Å². The molecule has 246 valence electrons. The first kappa shape index (κ1) is 36.0. The number of carboxylic acids is 2. The summed E-state index contributed by atoms with van der Waals surface area (Å²) in [7, 11) is 0. The van der Waals surface area contributed by atoms with Gasteiger partial charge in [-0.25, -0.2) is 9.59 Å². The van der Waals surface area contributed by atoms with Crippen LogP contribution in [0.4, 0.5) is 0 Å². The van der Waals surface area contributed by atoms with Crippen LogP contribution in [0, 0.1) is 0 Å². The molecule has 0 amide bonds. The third kappa shape index (κ3) is 10.6. The van der Waals surface area contributed by atoms with E-state index in [1.165, 1.54) is 74.2 Å². The second-order valence-corrected chi connectivity index (χ2v) is 11.4. The minimum Gasteiger partial charge on any atom is -0.545 e. The van der Waals surface area contributed by atoms with Crippen LogP contribution >= 0.6 is 0 Å². The first-order chi connectivity index (χ1) is 22.3. The highest BCUT2D eigenvalue weighted by atomic mass is 16.5. The van der Waals surface area contributed by atoms with Crippen molar-refractivity contribution in [2.75, 3.05) is 13.2 Å². The molecule has 0 saturated carbocycles. The van der Waals surface area contributed by atoms with Crippen molar-refractivity contribution in [1.29, 1.82) is 0 Å². The van der Waals surface area contributed by atoms with E-state index in [1.807, 2.05) is 0 Å². The van der Waals surface area contributed by atoms with Gasteiger partial charge in [-0.2, -0.15) is 0 Å². The van der Waals surface area contributed by atoms with Gasteiger partial charge in [0, 0.05) is 16.7 Å². The standard InChI is InChI=1S/C38H46O8/c1-3-5-7-9-11-13-25-45-37(43)29-19-15-27(16-20-29)31-23-24-32(35(39)40)33(34(31)36(41)42)28-17-21-30(22-18-28)38(44)46-26-14-12-10-8-6-4-2/h15-24H,3-14,25-26H2,1-2H3,(H,39,40)(H,41,42)/p-2. The van der Waals surface area contributed by atoms with Crippen molar-refractivity contribution in [2.24, 2.45) is 0 Å². The van der Waals surface area contributed by atoms with Crippen molar-refractivity contribution in [3.63, 3.8) is 0 Å². The number of aromatic carboxylic acids is 2. The van der Waals surface area contributed by atoms with Crippen LogP contribution in [0.3, 0.4) is 0 Å². The number of carbonyl (C=O) groups is 4. The van der Waals surface area contributed by atoms with E-state index >= 15 is 0 Å². The molecule has 0 aliphatic carbocycles. The SMILES string of the molecule is CCCCCCCCOC(=O)c1ccc(-c2ccc(C(=O)[O-])c(-c3ccc(C(=O)OCCCCCCCC)cc3)c2C(=O)[O-])cc1. The van der Waals surface area contributed by atoms with Crippen LogP contribution < -0.4 is 10.2 Å². The van der Waals surface area contributed by atoms with Gasteiger partial charge in [-0.05, 0) is 53.8 Å². The maximum atomic E-state index is 12.6. The van der Waals surface area contributed by atoms with Gasteiger partial charge in [0.2, 0.25) is 0 Å². The molecule has 0 N–H and O–H groups in total. The molecule has 0 unspecified atom stereocenters. The second-order valence-electron chi connectivity index (χ2n) is 11.4. The number of benzene rings is 3. The topological polar surface area (TPSA) is 133 Å². The predicted molar refractivity (Wildman–Crippen MR) is 173 cm³/mol. The summed E-state index contributed by atoms with van der Waals surface area (Å²) in [6.07, 6.45) is 12.8. The summed E-state index contributed by atoms with van der Waals surface area (Å²) in [6, 6.07) is 14.8. The number of esters is 2. The highest BCUT2D eigenvalue weighted by Gasteiger charge is 2.19. The predicted octanol–water partition coefficient (Wildman–Crippen LogP) is 6.78. The van der Waals surface area contributed by atoms with Gasteiger partial charge >= 0.3 is 11.9 Å². The molecule has 0 aliphatic heterocycles. The summed E-state index contributed by atoms with van der Waals surface area (Å²) < 4.78 is 10.8. The quantitative estimate of drug-likeness (QED) is 0.0988. The maximum absolute atomic E-state index is 12.6. The molecule has 0 radical (unpaired) electrons. The first-order valence-electron chi connectivity index (χ1n) is 16.4. The Morgan fingerprint density at radius 3 is 1.39 bits per heavy atom. The van der Waals surface area contributed by atoms with E-state index in [-0.39, 0.29) is 33.4 Å². The van der Waals surface area contributed by atoms with Gasteiger partial charge in [-0.15, -0.1) is 0 Å². The highest BCUT2D eigenvalue weighted by Crippen LogP contribution is 2.35. The molecular formula is C38H44O8-2. The van der Waals surface area contributed by atoms with Gasteiger partial charge in [0.15, 0.2) is 0 Å². The van der Waals surface area contributed by atoms with Gasteiger partial charge in [0.25, 0.3) is 0 Å². The third-order valence-corrected chi connectivity index (χ3v) is 7.93. The molecule has 0 aliphatic rings. The molecule has 46 heavy (non-hydrogen) atoms. The van der Waals surface area contributed by atoms with E-state index in [0.29, 0.717) is 24.3 Å². The minimum absolute atomic E-state index is 0.105. The smallest absolute Gasteiger partial charge is 0.338 e. The van der Waals surface area contributed by atoms with Crippen molar-refractivity contribution in [3.05, 3.63) is 82.9 Å². The van der Waals surface area contributed by atoms with Gasteiger partial charge in [0.1, 0.15) is 0 Å². The van der Waals surface area contributed by atoms with Crippen molar-refractivity contribution >= 4 is 23.9 Å². The van der Waals surface area contributed by atoms with E-state index in [0.717, 1.165) is 51.4 Å². The zero-order valence-electron chi connectivity index (χ0n) is 26.9. The van der Waals surface area contributed by atoms with Crippen LogP contribution in [0.2, 0.25) is 0 Å². The fourth-order valence-corrected chi connectivity index (χ4v) is 5.35.